The summed E-state index contributed by atoms with van der Waals surface area (Å²) in [5.74, 6) is 2.81. The summed E-state index contributed by atoms with van der Waals surface area (Å²) in [6.45, 7) is 6.36. The average Bonchev–Trinajstić information content (AvgIpc) is 2.91. The Hall–Kier alpha value is -1.64. The Balaban J connectivity index is 1.25. The number of rotatable bonds is 10. The van der Waals surface area contributed by atoms with E-state index in [0.29, 0.717) is 18.1 Å². The highest BCUT2D eigenvalue weighted by molar-refractivity contribution is 5.67. The molecule has 0 amide bonds. The molecule has 0 N–H and O–H groups in total. The SMILES string of the molecule is C=CCCC1CCC(C2CCC(C3CC=C(c4ccc(OCCCC)c(F)c4F)CC3)CC2)CC1. The van der Waals surface area contributed by atoms with Crippen LogP contribution in [-0.2, 0) is 0 Å². The molecule has 0 bridgehead atoms. The van der Waals surface area contributed by atoms with E-state index in [1.807, 2.05) is 0 Å². The zero-order valence-electron chi connectivity index (χ0n) is 21.9. The van der Waals surface area contributed by atoms with Crippen LogP contribution < -0.4 is 4.74 Å². The molecule has 0 radical (unpaired) electrons. The van der Waals surface area contributed by atoms with Crippen LogP contribution in [0.4, 0.5) is 8.78 Å². The fraction of sp³-hybridized carbons (Fsp3) is 0.688. The van der Waals surface area contributed by atoms with E-state index in [0.717, 1.165) is 61.3 Å². The number of ether oxygens (including phenoxy) is 1. The van der Waals surface area contributed by atoms with Gasteiger partial charge in [-0.05, 0) is 124 Å². The van der Waals surface area contributed by atoms with Crippen LogP contribution in [0, 0.1) is 41.2 Å². The fourth-order valence-corrected chi connectivity index (χ4v) is 7.13. The quantitative estimate of drug-likeness (QED) is 0.237. The number of halogens is 2. The van der Waals surface area contributed by atoms with Crippen molar-refractivity contribution in [3.63, 3.8) is 0 Å². The summed E-state index contributed by atoms with van der Waals surface area (Å²) >= 11 is 0. The molecule has 1 unspecified atom stereocenters. The molecular weight excluding hydrogens is 438 g/mol. The van der Waals surface area contributed by atoms with Crippen molar-refractivity contribution in [2.75, 3.05) is 6.61 Å². The van der Waals surface area contributed by atoms with E-state index in [4.69, 9.17) is 4.74 Å². The van der Waals surface area contributed by atoms with Crippen molar-refractivity contribution in [2.24, 2.45) is 29.6 Å². The highest BCUT2D eigenvalue weighted by Gasteiger charge is 2.34. The minimum absolute atomic E-state index is 0.0380. The smallest absolute Gasteiger partial charge is 0.201 e. The zero-order valence-corrected chi connectivity index (χ0v) is 21.9. The molecule has 35 heavy (non-hydrogen) atoms. The van der Waals surface area contributed by atoms with Gasteiger partial charge in [-0.25, -0.2) is 4.39 Å². The minimum Gasteiger partial charge on any atom is -0.490 e. The number of unbranched alkanes of at least 4 members (excludes halogenated alkanes) is 1. The van der Waals surface area contributed by atoms with Crippen LogP contribution in [0.15, 0.2) is 30.9 Å². The molecule has 1 aromatic rings. The summed E-state index contributed by atoms with van der Waals surface area (Å²) in [7, 11) is 0. The molecule has 2 saturated carbocycles. The maximum Gasteiger partial charge on any atom is 0.201 e. The molecule has 0 spiro atoms. The fourth-order valence-electron chi connectivity index (χ4n) is 7.13. The summed E-state index contributed by atoms with van der Waals surface area (Å²) in [6, 6.07) is 3.31. The van der Waals surface area contributed by atoms with Crippen LogP contribution in [0.1, 0.15) is 109 Å². The van der Waals surface area contributed by atoms with Gasteiger partial charge in [0.25, 0.3) is 0 Å². The Labute approximate surface area is 212 Å². The van der Waals surface area contributed by atoms with E-state index in [1.165, 1.54) is 64.2 Å². The first-order valence-corrected chi connectivity index (χ1v) is 14.5. The van der Waals surface area contributed by atoms with Gasteiger partial charge >= 0.3 is 0 Å². The minimum atomic E-state index is -0.838. The van der Waals surface area contributed by atoms with Crippen molar-refractivity contribution in [3.05, 3.63) is 48.1 Å². The van der Waals surface area contributed by atoms with E-state index in [-0.39, 0.29) is 5.75 Å². The van der Waals surface area contributed by atoms with Gasteiger partial charge in [0.1, 0.15) is 0 Å². The highest BCUT2D eigenvalue weighted by Crippen LogP contribution is 2.46. The molecule has 3 aliphatic rings. The van der Waals surface area contributed by atoms with E-state index in [1.54, 1.807) is 12.1 Å². The van der Waals surface area contributed by atoms with Crippen molar-refractivity contribution in [2.45, 2.75) is 103 Å². The highest BCUT2D eigenvalue weighted by atomic mass is 19.2. The van der Waals surface area contributed by atoms with Crippen molar-refractivity contribution < 1.29 is 13.5 Å². The molecule has 1 atom stereocenters. The predicted molar refractivity (Wildman–Crippen MR) is 142 cm³/mol. The molecule has 1 aromatic carbocycles. The first kappa shape index (κ1) is 26.4. The van der Waals surface area contributed by atoms with Crippen LogP contribution in [-0.4, -0.2) is 6.61 Å². The molecule has 4 rings (SSSR count). The molecule has 194 valence electrons. The summed E-state index contributed by atoms with van der Waals surface area (Å²) < 4.78 is 34.8. The summed E-state index contributed by atoms with van der Waals surface area (Å²) in [5.41, 5.74) is 1.40. The Morgan fingerprint density at radius 3 is 2.14 bits per heavy atom. The van der Waals surface area contributed by atoms with Crippen molar-refractivity contribution in [1.82, 2.24) is 0 Å². The number of hydrogen-bond acceptors (Lipinski definition) is 1. The number of allylic oxidation sites excluding steroid dienone is 3. The largest absolute Gasteiger partial charge is 0.490 e. The van der Waals surface area contributed by atoms with E-state index in [2.05, 4.69) is 25.7 Å². The van der Waals surface area contributed by atoms with Crippen LogP contribution >= 0.6 is 0 Å². The lowest BCUT2D eigenvalue weighted by Crippen LogP contribution is -2.28. The maximum absolute atomic E-state index is 14.8. The van der Waals surface area contributed by atoms with Gasteiger partial charge in [-0.2, -0.15) is 4.39 Å². The monoisotopic (exact) mass is 484 g/mol. The van der Waals surface area contributed by atoms with Crippen molar-refractivity contribution in [1.29, 1.82) is 0 Å². The Bertz CT molecular complexity index is 843. The molecule has 0 saturated heterocycles. The first-order valence-electron chi connectivity index (χ1n) is 14.5. The lowest BCUT2D eigenvalue weighted by atomic mass is 9.65. The topological polar surface area (TPSA) is 9.23 Å². The molecule has 0 aliphatic heterocycles. The number of hydrogen-bond donors (Lipinski definition) is 0. The molecule has 2 fully saturated rings. The Morgan fingerprint density at radius 2 is 1.54 bits per heavy atom. The van der Waals surface area contributed by atoms with Gasteiger partial charge in [0.15, 0.2) is 11.6 Å². The normalized spacial score (nSPS) is 29.5. The molecule has 3 aliphatic carbocycles. The summed E-state index contributed by atoms with van der Waals surface area (Å²) in [6.07, 6.45) is 22.8. The third-order valence-corrected chi connectivity index (χ3v) is 9.42. The van der Waals surface area contributed by atoms with Crippen molar-refractivity contribution in [3.8, 4) is 5.75 Å². The zero-order chi connectivity index (χ0) is 24.6. The first-order chi connectivity index (χ1) is 17.1. The standard InChI is InChI=1S/C32H46F2O/c1-3-5-7-23-8-10-24(11-9-23)25-12-14-26(15-13-25)27-16-18-28(19-17-27)29-20-21-30(32(34)31(29)33)35-22-6-4-2/h3,18,20-21,23-27H,1,4-17,19,22H2,2H3. The van der Waals surface area contributed by atoms with Gasteiger partial charge in [-0.3, -0.25) is 0 Å². The molecule has 0 heterocycles. The summed E-state index contributed by atoms with van der Waals surface area (Å²) in [5, 5.41) is 0. The van der Waals surface area contributed by atoms with Gasteiger partial charge in [0, 0.05) is 5.56 Å². The molecule has 3 heteroatoms. The molecule has 1 nitrogen and oxygen atoms in total. The third kappa shape index (κ3) is 6.77. The Kier molecular flexibility index (Phi) is 9.86. The van der Waals surface area contributed by atoms with Crippen molar-refractivity contribution >= 4 is 5.57 Å². The molecule has 0 aromatic heterocycles. The van der Waals surface area contributed by atoms with Gasteiger partial charge in [-0.1, -0.05) is 38.3 Å². The van der Waals surface area contributed by atoms with Crippen LogP contribution in [0.2, 0.25) is 0 Å². The Morgan fingerprint density at radius 1 is 0.886 bits per heavy atom. The second-order valence-electron chi connectivity index (χ2n) is 11.5. The molecular formula is C32H46F2O. The van der Waals surface area contributed by atoms with Gasteiger partial charge in [0.05, 0.1) is 6.61 Å². The summed E-state index contributed by atoms with van der Waals surface area (Å²) in [4.78, 5) is 0. The van der Waals surface area contributed by atoms with Crippen LogP contribution in [0.3, 0.4) is 0 Å². The van der Waals surface area contributed by atoms with E-state index >= 15 is 0 Å². The van der Waals surface area contributed by atoms with E-state index < -0.39 is 11.6 Å². The third-order valence-electron chi connectivity index (χ3n) is 9.42. The van der Waals surface area contributed by atoms with Crippen LogP contribution in [0.5, 0.6) is 5.75 Å². The van der Waals surface area contributed by atoms with Gasteiger partial charge in [-0.15, -0.1) is 6.58 Å². The van der Waals surface area contributed by atoms with Gasteiger partial charge < -0.3 is 4.74 Å². The second kappa shape index (κ2) is 13.1. The predicted octanol–water partition coefficient (Wildman–Crippen LogP) is 9.91. The average molecular weight is 485 g/mol. The lowest BCUT2D eigenvalue weighted by Gasteiger charge is -2.40. The maximum atomic E-state index is 14.8. The number of benzene rings is 1. The van der Waals surface area contributed by atoms with Crippen LogP contribution in [0.25, 0.3) is 5.57 Å². The van der Waals surface area contributed by atoms with E-state index in [9.17, 15) is 8.78 Å². The lowest BCUT2D eigenvalue weighted by molar-refractivity contribution is 0.121. The van der Waals surface area contributed by atoms with Gasteiger partial charge in [0.2, 0.25) is 5.82 Å². The second-order valence-corrected chi connectivity index (χ2v) is 11.5.